The Balaban J connectivity index is 2.47. The van der Waals surface area contributed by atoms with Crippen LogP contribution in [0.4, 0.5) is 0 Å². The van der Waals surface area contributed by atoms with Crippen molar-refractivity contribution >= 4 is 70.8 Å². The lowest BCUT2D eigenvalue weighted by Crippen LogP contribution is -2.60. The number of hydrogen-bond acceptors (Lipinski definition) is 12. The SMILES string of the molecule is CC(C)C[C@H](NC(=O)[C@H](CCCN=C(N)N)NC(=O)[C@H](CCCN=C(N)N)NC(=O)[C@H](CCCCN)NC(=O)[C@@H](NC(=O)[C@@H]1CCCN1)C(C)C)C(=O)N[C@@H](Cc1cccc(Cl)c1)C(=O)NCC(=O)O. The molecule has 7 atom stereocenters. The second-order valence-corrected chi connectivity index (χ2v) is 18.4. The van der Waals surface area contributed by atoms with Crippen molar-refractivity contribution < 1.29 is 43.5 Å². The van der Waals surface area contributed by atoms with Crippen molar-refractivity contribution in [2.24, 2.45) is 50.5 Å². The molecule has 25 heteroatoms. The molecular weight excluding hydrogens is 930 g/mol. The quantitative estimate of drug-likeness (QED) is 0.0205. The normalized spacial score (nSPS) is 15.7. The Morgan fingerprint density at radius 1 is 0.700 bits per heavy atom. The monoisotopic (exact) mass is 1010 g/mol. The summed E-state index contributed by atoms with van der Waals surface area (Å²) in [4.78, 5) is 116. The van der Waals surface area contributed by atoms with E-state index in [1.165, 1.54) is 0 Å². The number of nitrogens with one attached hydrogen (secondary N) is 8. The molecule has 1 aromatic carbocycles. The van der Waals surface area contributed by atoms with Gasteiger partial charge in [0.1, 0.15) is 42.8 Å². The lowest BCUT2D eigenvalue weighted by atomic mass is 10.00. The van der Waals surface area contributed by atoms with Crippen LogP contribution in [0.3, 0.4) is 0 Å². The van der Waals surface area contributed by atoms with Crippen LogP contribution in [0, 0.1) is 11.8 Å². The number of rotatable bonds is 32. The zero-order valence-corrected chi connectivity index (χ0v) is 41.4. The lowest BCUT2D eigenvalue weighted by molar-refractivity contribution is -0.138. The third kappa shape index (κ3) is 23.4. The Bertz CT molecular complexity index is 1960. The Labute approximate surface area is 414 Å². The van der Waals surface area contributed by atoms with E-state index in [1.807, 2.05) is 0 Å². The Kier molecular flexibility index (Phi) is 27.2. The molecule has 1 aliphatic rings. The number of halogens is 1. The van der Waals surface area contributed by atoms with E-state index >= 15 is 0 Å². The number of aliphatic imine (C=N–C) groups is 2. The molecule has 0 saturated carbocycles. The van der Waals surface area contributed by atoms with E-state index in [-0.39, 0.29) is 87.7 Å². The predicted octanol–water partition coefficient (Wildman–Crippen LogP) is -2.32. The van der Waals surface area contributed by atoms with Gasteiger partial charge in [-0.3, -0.25) is 48.3 Å². The van der Waals surface area contributed by atoms with Gasteiger partial charge in [0, 0.05) is 24.5 Å². The molecule has 0 aromatic heterocycles. The molecule has 70 heavy (non-hydrogen) atoms. The molecule has 0 bridgehead atoms. The minimum atomic E-state index is -1.34. The van der Waals surface area contributed by atoms with Gasteiger partial charge in [-0.15, -0.1) is 0 Å². The summed E-state index contributed by atoms with van der Waals surface area (Å²) in [6, 6.07) is -1.28. The third-order valence-electron chi connectivity index (χ3n) is 11.1. The van der Waals surface area contributed by atoms with Crippen molar-refractivity contribution in [1.29, 1.82) is 0 Å². The van der Waals surface area contributed by atoms with E-state index in [2.05, 4.69) is 52.5 Å². The fraction of sp³-hybridized carbons (Fsp3) is 0.644. The molecule has 2 rings (SSSR count). The summed E-state index contributed by atoms with van der Waals surface area (Å²) in [7, 11) is 0. The van der Waals surface area contributed by atoms with E-state index < -0.39 is 90.3 Å². The molecule has 24 nitrogen and oxygen atoms in total. The molecule has 1 aliphatic heterocycles. The van der Waals surface area contributed by atoms with Crippen molar-refractivity contribution in [2.45, 2.75) is 141 Å². The van der Waals surface area contributed by atoms with Gasteiger partial charge < -0.3 is 76.3 Å². The number of guanidine groups is 2. The Morgan fingerprint density at radius 2 is 1.21 bits per heavy atom. The average molecular weight is 1010 g/mol. The van der Waals surface area contributed by atoms with Gasteiger partial charge >= 0.3 is 5.97 Å². The second kappa shape index (κ2) is 31.8. The van der Waals surface area contributed by atoms with E-state index in [1.54, 1.807) is 52.0 Å². The van der Waals surface area contributed by atoms with Gasteiger partial charge in [-0.2, -0.15) is 0 Å². The number of nitrogens with two attached hydrogens (primary N) is 5. The first-order chi connectivity index (χ1) is 33.1. The summed E-state index contributed by atoms with van der Waals surface area (Å²) >= 11 is 6.17. The number of carboxylic acids is 1. The topological polar surface area (TPSA) is 408 Å². The van der Waals surface area contributed by atoms with Crippen molar-refractivity contribution in [1.82, 2.24) is 42.5 Å². The van der Waals surface area contributed by atoms with Crippen LogP contribution in [-0.2, 0) is 44.8 Å². The molecule has 0 unspecified atom stereocenters. The highest BCUT2D eigenvalue weighted by molar-refractivity contribution is 6.30. The molecule has 7 amide bonds. The molecule has 0 aliphatic carbocycles. The van der Waals surface area contributed by atoms with E-state index in [0.29, 0.717) is 42.9 Å². The molecule has 1 fully saturated rings. The van der Waals surface area contributed by atoms with Crippen LogP contribution < -0.4 is 71.2 Å². The van der Waals surface area contributed by atoms with Crippen LogP contribution in [0.25, 0.3) is 0 Å². The number of hydrogen-bond donors (Lipinski definition) is 14. The molecule has 1 saturated heterocycles. The minimum Gasteiger partial charge on any atom is -0.480 e. The van der Waals surface area contributed by atoms with Gasteiger partial charge in [0.2, 0.25) is 41.4 Å². The molecule has 19 N–H and O–H groups in total. The number of unbranched alkanes of at least 4 members (excludes halogenated alkanes) is 1. The van der Waals surface area contributed by atoms with Crippen molar-refractivity contribution in [3.8, 4) is 0 Å². The molecule has 392 valence electrons. The lowest BCUT2D eigenvalue weighted by Gasteiger charge is -2.29. The van der Waals surface area contributed by atoms with Gasteiger partial charge in [-0.25, -0.2) is 0 Å². The van der Waals surface area contributed by atoms with Crippen molar-refractivity contribution in [3.05, 3.63) is 34.9 Å². The second-order valence-electron chi connectivity index (χ2n) is 17.9. The van der Waals surface area contributed by atoms with Gasteiger partial charge in [-0.05, 0) is 107 Å². The minimum absolute atomic E-state index is 0.0322. The van der Waals surface area contributed by atoms with Gasteiger partial charge in [0.15, 0.2) is 11.9 Å². The van der Waals surface area contributed by atoms with Gasteiger partial charge in [-0.1, -0.05) is 51.4 Å². The van der Waals surface area contributed by atoms with Crippen LogP contribution in [0.1, 0.15) is 97.5 Å². The summed E-state index contributed by atoms with van der Waals surface area (Å²) < 4.78 is 0. The Hall–Kier alpha value is -6.27. The number of nitrogens with zero attached hydrogens (tertiary/aromatic N) is 2. The Morgan fingerprint density at radius 3 is 1.69 bits per heavy atom. The first-order valence-corrected chi connectivity index (χ1v) is 24.1. The summed E-state index contributed by atoms with van der Waals surface area (Å²) in [6.07, 6.45) is 2.78. The molecule has 0 radical (unpaired) electrons. The number of carboxylic acid groups (broad SMARTS) is 1. The van der Waals surface area contributed by atoms with Crippen LogP contribution in [-0.4, -0.2) is 139 Å². The number of carbonyl (C=O) groups is 8. The zero-order valence-electron chi connectivity index (χ0n) is 40.7. The molecule has 1 aromatic rings. The maximum atomic E-state index is 14.3. The number of amides is 7. The highest BCUT2D eigenvalue weighted by Crippen LogP contribution is 2.15. The maximum absolute atomic E-state index is 14.3. The van der Waals surface area contributed by atoms with Crippen molar-refractivity contribution in [3.63, 3.8) is 0 Å². The maximum Gasteiger partial charge on any atom is 0.322 e. The molecule has 1 heterocycles. The van der Waals surface area contributed by atoms with Crippen LogP contribution >= 0.6 is 11.6 Å². The fourth-order valence-electron chi connectivity index (χ4n) is 7.45. The van der Waals surface area contributed by atoms with E-state index in [9.17, 15) is 43.5 Å². The van der Waals surface area contributed by atoms with Crippen LogP contribution in [0.5, 0.6) is 0 Å². The summed E-state index contributed by atoms with van der Waals surface area (Å²) in [5.74, 6) is -7.07. The smallest absolute Gasteiger partial charge is 0.322 e. The summed E-state index contributed by atoms with van der Waals surface area (Å²) in [5, 5.41) is 31.3. The summed E-state index contributed by atoms with van der Waals surface area (Å²) in [5.41, 5.74) is 28.4. The van der Waals surface area contributed by atoms with Crippen molar-refractivity contribution in [2.75, 3.05) is 32.7 Å². The fourth-order valence-corrected chi connectivity index (χ4v) is 7.66. The molecule has 0 spiro atoms. The third-order valence-corrected chi connectivity index (χ3v) is 11.3. The number of aliphatic carboxylic acids is 1. The number of carbonyl (C=O) groups excluding carboxylic acids is 7. The molecular formula is C45H76ClN15O9. The average Bonchev–Trinajstić information content (AvgIpc) is 3.83. The van der Waals surface area contributed by atoms with Gasteiger partial charge in [0.05, 0.1) is 6.04 Å². The first-order valence-electron chi connectivity index (χ1n) is 23.7. The predicted molar refractivity (Wildman–Crippen MR) is 265 cm³/mol. The zero-order chi connectivity index (χ0) is 52.3. The first kappa shape index (κ1) is 59.9. The highest BCUT2D eigenvalue weighted by Gasteiger charge is 2.35. The van der Waals surface area contributed by atoms with E-state index in [4.69, 9.17) is 40.3 Å². The van der Waals surface area contributed by atoms with Crippen LogP contribution in [0.15, 0.2) is 34.3 Å². The van der Waals surface area contributed by atoms with Gasteiger partial charge in [0.25, 0.3) is 0 Å². The largest absolute Gasteiger partial charge is 0.480 e. The van der Waals surface area contributed by atoms with E-state index in [0.717, 1.165) is 6.42 Å². The highest BCUT2D eigenvalue weighted by atomic mass is 35.5. The summed E-state index contributed by atoms with van der Waals surface area (Å²) in [6.45, 7) is 7.54. The number of benzene rings is 1. The standard InChI is InChI=1S/C45H76ClN15O9/c1-25(2)21-33(42(69)60-34(37(64)55-24-35(62)63)23-27-11-7-12-28(46)22-27)59-41(68)32(16-10-20-54-45(50)51)57-40(67)31(15-9-19-53-44(48)49)56-39(66)30(13-5-6-17-47)58-43(70)36(26(3)4)61-38(65)29-14-8-18-52-29/h7,11-12,22,25-26,29-34,36,52H,5-6,8-10,13-21,23-24,47H2,1-4H3,(H,55,64)(H,56,66)(H,57,67)(H,58,70)(H,59,68)(H,60,69)(H,61,65)(H,62,63)(H4,48,49,53)(H4,50,51,54)/t29-,30-,31-,32-,33-,34-,36-/m0/s1. The van der Waals surface area contributed by atoms with Crippen LogP contribution in [0.2, 0.25) is 5.02 Å².